The van der Waals surface area contributed by atoms with Gasteiger partial charge in [-0.15, -0.1) is 11.8 Å². The number of nitrogens with zero attached hydrogens (tertiary/aromatic N) is 1. The van der Waals surface area contributed by atoms with E-state index in [2.05, 4.69) is 16.7 Å². The van der Waals surface area contributed by atoms with Gasteiger partial charge in [-0.2, -0.15) is 5.26 Å². The fourth-order valence-electron chi connectivity index (χ4n) is 1.83. The molecule has 2 amide bonds. The van der Waals surface area contributed by atoms with E-state index in [1.165, 1.54) is 0 Å². The molecule has 0 bridgehead atoms. The predicted octanol–water partition coefficient (Wildman–Crippen LogP) is 3.22. The minimum atomic E-state index is -0.276. The van der Waals surface area contributed by atoms with Crippen LogP contribution in [0.4, 0.5) is 10.5 Å². The van der Waals surface area contributed by atoms with E-state index in [0.29, 0.717) is 12.2 Å². The first-order valence-corrected chi connectivity index (χ1v) is 8.39. The largest absolute Gasteiger partial charge is 0.396 e. The van der Waals surface area contributed by atoms with Crippen LogP contribution in [0.25, 0.3) is 0 Å². The lowest BCUT2D eigenvalue weighted by Gasteiger charge is -2.17. The van der Waals surface area contributed by atoms with Crippen LogP contribution < -0.4 is 10.6 Å². The number of thioether (sulfide) groups is 1. The molecular formula is C16H23N3O2S. The van der Waals surface area contributed by atoms with E-state index in [9.17, 15) is 4.79 Å². The molecule has 5 nitrogen and oxygen atoms in total. The van der Waals surface area contributed by atoms with Crippen molar-refractivity contribution in [2.24, 2.45) is 5.92 Å². The second-order valence-electron chi connectivity index (χ2n) is 5.05. The molecule has 0 aliphatic heterocycles. The van der Waals surface area contributed by atoms with Crippen LogP contribution in [0.15, 0.2) is 29.2 Å². The molecule has 1 aromatic rings. The van der Waals surface area contributed by atoms with Crippen molar-refractivity contribution in [3.05, 3.63) is 24.3 Å². The molecule has 6 heteroatoms. The zero-order chi connectivity index (χ0) is 16.4. The summed E-state index contributed by atoms with van der Waals surface area (Å²) in [4.78, 5) is 13.0. The van der Waals surface area contributed by atoms with Gasteiger partial charge in [0.1, 0.15) is 0 Å². The minimum Gasteiger partial charge on any atom is -0.396 e. The third-order valence-electron chi connectivity index (χ3n) is 3.15. The van der Waals surface area contributed by atoms with Crippen molar-refractivity contribution in [1.29, 1.82) is 5.26 Å². The normalized spacial score (nSPS) is 13.0. The van der Waals surface area contributed by atoms with Crippen LogP contribution in [0.1, 0.15) is 26.7 Å². The third kappa shape index (κ3) is 6.37. The van der Waals surface area contributed by atoms with Crippen LogP contribution in [0.5, 0.6) is 0 Å². The van der Waals surface area contributed by atoms with E-state index in [4.69, 9.17) is 10.4 Å². The molecule has 0 fully saturated rings. The molecule has 0 aliphatic rings. The number of benzene rings is 1. The number of carbonyl (C=O) groups is 1. The third-order valence-corrected chi connectivity index (χ3v) is 4.48. The Balaban J connectivity index is 2.64. The maximum absolute atomic E-state index is 12.0. The number of amides is 2. The van der Waals surface area contributed by atoms with Crippen LogP contribution in [0, 0.1) is 17.2 Å². The molecule has 2 atom stereocenters. The Morgan fingerprint density at radius 3 is 2.82 bits per heavy atom. The van der Waals surface area contributed by atoms with E-state index < -0.39 is 0 Å². The highest BCUT2D eigenvalue weighted by atomic mass is 32.2. The monoisotopic (exact) mass is 321 g/mol. The van der Waals surface area contributed by atoms with Crippen LogP contribution in [0.3, 0.4) is 0 Å². The van der Waals surface area contributed by atoms with Gasteiger partial charge in [0, 0.05) is 23.3 Å². The van der Waals surface area contributed by atoms with Gasteiger partial charge in [-0.3, -0.25) is 0 Å². The van der Waals surface area contributed by atoms with Gasteiger partial charge in [0.05, 0.1) is 17.7 Å². The number of aliphatic hydroxyl groups is 1. The lowest BCUT2D eigenvalue weighted by atomic mass is 10.2. The Labute approximate surface area is 136 Å². The molecule has 2 unspecified atom stereocenters. The molecule has 0 aliphatic carbocycles. The van der Waals surface area contributed by atoms with Gasteiger partial charge in [0.2, 0.25) is 0 Å². The molecule has 0 radical (unpaired) electrons. The number of carbonyl (C=O) groups excluding carboxylic acids is 1. The number of nitrogens with one attached hydrogen (secondary N) is 2. The first kappa shape index (κ1) is 18.3. The molecule has 0 saturated heterocycles. The summed E-state index contributed by atoms with van der Waals surface area (Å²) in [6, 6.07) is 9.41. The molecule has 22 heavy (non-hydrogen) atoms. The second-order valence-corrected chi connectivity index (χ2v) is 6.12. The first-order chi connectivity index (χ1) is 10.6. The van der Waals surface area contributed by atoms with E-state index in [1.807, 2.05) is 38.1 Å². The van der Waals surface area contributed by atoms with Gasteiger partial charge in [0.15, 0.2) is 0 Å². The highest BCUT2D eigenvalue weighted by molar-refractivity contribution is 7.99. The zero-order valence-electron chi connectivity index (χ0n) is 13.0. The maximum atomic E-state index is 12.0. The van der Waals surface area contributed by atoms with Crippen molar-refractivity contribution >= 4 is 23.5 Å². The second kappa shape index (κ2) is 10.1. The summed E-state index contributed by atoms with van der Waals surface area (Å²) in [7, 11) is 0. The Morgan fingerprint density at radius 1 is 1.45 bits per heavy atom. The zero-order valence-corrected chi connectivity index (χ0v) is 13.8. The van der Waals surface area contributed by atoms with Crippen LogP contribution in [0.2, 0.25) is 0 Å². The fourth-order valence-corrected chi connectivity index (χ4v) is 2.78. The summed E-state index contributed by atoms with van der Waals surface area (Å²) in [5, 5.41) is 23.5. The molecular weight excluding hydrogens is 298 g/mol. The summed E-state index contributed by atoms with van der Waals surface area (Å²) in [6.45, 7) is 3.89. The van der Waals surface area contributed by atoms with E-state index >= 15 is 0 Å². The molecule has 0 saturated carbocycles. The van der Waals surface area contributed by atoms with Crippen molar-refractivity contribution in [1.82, 2.24) is 5.32 Å². The predicted molar refractivity (Wildman–Crippen MR) is 89.9 cm³/mol. The number of anilines is 1. The summed E-state index contributed by atoms with van der Waals surface area (Å²) in [6.07, 6.45) is 1.31. The van der Waals surface area contributed by atoms with Gasteiger partial charge in [-0.05, 0) is 31.9 Å². The van der Waals surface area contributed by atoms with Crippen LogP contribution in [-0.2, 0) is 0 Å². The number of urea groups is 1. The number of hydrogen-bond acceptors (Lipinski definition) is 4. The molecule has 1 aromatic carbocycles. The van der Waals surface area contributed by atoms with Crippen molar-refractivity contribution in [3.63, 3.8) is 0 Å². The highest BCUT2D eigenvalue weighted by Gasteiger charge is 2.12. The number of rotatable bonds is 8. The fraction of sp³-hybridized carbons (Fsp3) is 0.500. The Hall–Kier alpha value is -1.71. The van der Waals surface area contributed by atoms with Gasteiger partial charge in [0.25, 0.3) is 0 Å². The standard InChI is InChI=1S/C16H23N3O2S/c1-3-13(8-9-20)18-16(21)19-14-6-4-5-7-15(14)22-11-12(2)10-17/h4-7,12-13,20H,3,8-9,11H2,1-2H3,(H2,18,19,21). The SMILES string of the molecule is CCC(CCO)NC(=O)Nc1ccccc1SCC(C)C#N. The quantitative estimate of drug-likeness (QED) is 0.642. The number of para-hydroxylation sites is 1. The first-order valence-electron chi connectivity index (χ1n) is 7.40. The number of aliphatic hydroxyl groups excluding tert-OH is 1. The molecule has 0 aromatic heterocycles. The lowest BCUT2D eigenvalue weighted by molar-refractivity contribution is 0.237. The summed E-state index contributed by atoms with van der Waals surface area (Å²) >= 11 is 1.55. The van der Waals surface area contributed by atoms with Gasteiger partial charge >= 0.3 is 6.03 Å². The van der Waals surface area contributed by atoms with Crippen LogP contribution >= 0.6 is 11.8 Å². The van der Waals surface area contributed by atoms with Gasteiger partial charge in [-0.1, -0.05) is 19.1 Å². The molecule has 120 valence electrons. The van der Waals surface area contributed by atoms with E-state index in [0.717, 1.165) is 17.0 Å². The van der Waals surface area contributed by atoms with Crippen molar-refractivity contribution in [2.75, 3.05) is 17.7 Å². The van der Waals surface area contributed by atoms with E-state index in [1.54, 1.807) is 11.8 Å². The van der Waals surface area contributed by atoms with Gasteiger partial charge in [-0.25, -0.2) is 4.79 Å². The minimum absolute atomic E-state index is 0.0385. The molecule has 0 heterocycles. The lowest BCUT2D eigenvalue weighted by Crippen LogP contribution is -2.38. The number of nitriles is 1. The van der Waals surface area contributed by atoms with Crippen LogP contribution in [-0.4, -0.2) is 29.5 Å². The van der Waals surface area contributed by atoms with Crippen molar-refractivity contribution in [2.45, 2.75) is 37.6 Å². The Kier molecular flexibility index (Phi) is 8.41. The van der Waals surface area contributed by atoms with E-state index in [-0.39, 0.29) is 24.6 Å². The average Bonchev–Trinajstić information content (AvgIpc) is 2.53. The molecule has 0 spiro atoms. The topological polar surface area (TPSA) is 85.2 Å². The smallest absolute Gasteiger partial charge is 0.319 e. The Bertz CT molecular complexity index is 516. The van der Waals surface area contributed by atoms with Crippen molar-refractivity contribution in [3.8, 4) is 6.07 Å². The maximum Gasteiger partial charge on any atom is 0.319 e. The molecule has 1 rings (SSSR count). The Morgan fingerprint density at radius 2 is 2.18 bits per heavy atom. The summed E-state index contributed by atoms with van der Waals surface area (Å²) in [5.41, 5.74) is 0.731. The summed E-state index contributed by atoms with van der Waals surface area (Å²) in [5.74, 6) is 0.639. The summed E-state index contributed by atoms with van der Waals surface area (Å²) < 4.78 is 0. The van der Waals surface area contributed by atoms with Gasteiger partial charge < -0.3 is 15.7 Å². The van der Waals surface area contributed by atoms with Crippen molar-refractivity contribution < 1.29 is 9.90 Å². The highest BCUT2D eigenvalue weighted by Crippen LogP contribution is 2.28. The average molecular weight is 321 g/mol. The number of hydrogen-bond donors (Lipinski definition) is 3. The molecule has 3 N–H and O–H groups in total.